The first-order valence-electron chi connectivity index (χ1n) is 7.24. The lowest BCUT2D eigenvalue weighted by molar-refractivity contribution is -0.138. The molecular weight excluding hydrogens is 292 g/mol. The Morgan fingerprint density at radius 2 is 2.17 bits per heavy atom. The molecule has 120 valence electrons. The summed E-state index contributed by atoms with van der Waals surface area (Å²) in [5.74, 6) is 0.000260. The Bertz CT molecular complexity index is 762. The number of benzene rings is 1. The molecule has 2 aromatic heterocycles. The number of carboxylic acids is 1. The number of nitrogens with one attached hydrogen (secondary N) is 2. The van der Waals surface area contributed by atoms with E-state index in [-0.39, 0.29) is 0 Å². The van der Waals surface area contributed by atoms with Crippen molar-refractivity contribution in [1.29, 1.82) is 0 Å². The van der Waals surface area contributed by atoms with E-state index in [0.29, 0.717) is 6.42 Å². The quantitative estimate of drug-likeness (QED) is 0.542. The van der Waals surface area contributed by atoms with Crippen molar-refractivity contribution < 1.29 is 9.90 Å². The number of allylic oxidation sites excluding steroid dienone is 1. The Kier molecular flexibility index (Phi) is 5.71. The molecule has 0 spiro atoms. The molecule has 0 saturated carbocycles. The van der Waals surface area contributed by atoms with Crippen LogP contribution in [0.5, 0.6) is 0 Å². The number of rotatable bonds is 5. The fourth-order valence-electron chi connectivity index (χ4n) is 2.17. The van der Waals surface area contributed by atoms with Crippen LogP contribution in [0.4, 0.5) is 0 Å². The van der Waals surface area contributed by atoms with Crippen LogP contribution in [0.3, 0.4) is 0 Å². The van der Waals surface area contributed by atoms with E-state index in [0.717, 1.165) is 28.7 Å². The molecule has 1 aromatic carbocycles. The molecule has 1 atom stereocenters. The number of aromatic nitrogens is 3. The van der Waals surface area contributed by atoms with Crippen molar-refractivity contribution in [2.45, 2.75) is 18.9 Å². The zero-order valence-electron chi connectivity index (χ0n) is 12.7. The van der Waals surface area contributed by atoms with Gasteiger partial charge in [-0.2, -0.15) is 0 Å². The highest BCUT2D eigenvalue weighted by Crippen LogP contribution is 2.18. The van der Waals surface area contributed by atoms with Crippen LogP contribution >= 0.6 is 0 Å². The summed E-state index contributed by atoms with van der Waals surface area (Å²) in [6.07, 6.45) is 8.34. The molecule has 2 heterocycles. The highest BCUT2D eigenvalue weighted by atomic mass is 16.4. The summed E-state index contributed by atoms with van der Waals surface area (Å²) in [7, 11) is 0. The van der Waals surface area contributed by atoms with E-state index in [1.54, 1.807) is 12.4 Å². The van der Waals surface area contributed by atoms with Gasteiger partial charge in [0, 0.05) is 42.3 Å². The van der Waals surface area contributed by atoms with Crippen molar-refractivity contribution in [1.82, 2.24) is 15.0 Å². The van der Waals surface area contributed by atoms with Gasteiger partial charge in [-0.15, -0.1) is 6.58 Å². The molecule has 23 heavy (non-hydrogen) atoms. The number of aliphatic carboxylic acids is 1. The van der Waals surface area contributed by atoms with Gasteiger partial charge in [0.2, 0.25) is 0 Å². The molecule has 6 nitrogen and oxygen atoms in total. The van der Waals surface area contributed by atoms with Gasteiger partial charge in [0.1, 0.15) is 11.9 Å². The molecule has 0 radical (unpaired) electrons. The monoisotopic (exact) mass is 312 g/mol. The van der Waals surface area contributed by atoms with Gasteiger partial charge in [-0.3, -0.25) is 4.79 Å². The Labute approximate surface area is 134 Å². The molecule has 1 unspecified atom stereocenters. The van der Waals surface area contributed by atoms with Gasteiger partial charge < -0.3 is 20.8 Å². The van der Waals surface area contributed by atoms with Crippen molar-refractivity contribution in [2.75, 3.05) is 0 Å². The lowest BCUT2D eigenvalue weighted by atomic mass is 10.1. The Hall–Kier alpha value is -2.86. The van der Waals surface area contributed by atoms with Gasteiger partial charge in [0.25, 0.3) is 0 Å². The fraction of sp³-hybridized carbons (Fsp3) is 0.176. The normalized spacial score (nSPS) is 11.5. The van der Waals surface area contributed by atoms with Crippen molar-refractivity contribution in [3.8, 4) is 0 Å². The summed E-state index contributed by atoms with van der Waals surface area (Å²) in [6, 6.07) is 6.91. The Morgan fingerprint density at radius 3 is 2.83 bits per heavy atom. The number of nitrogens with two attached hydrogens (primary N) is 1. The molecule has 3 rings (SSSR count). The second-order valence-electron chi connectivity index (χ2n) is 5.04. The number of imidazole rings is 1. The van der Waals surface area contributed by atoms with Crippen molar-refractivity contribution in [2.24, 2.45) is 5.73 Å². The average Bonchev–Trinajstić information content (AvgIpc) is 3.19. The highest BCUT2D eigenvalue weighted by molar-refractivity contribution is 5.84. The third-order valence-corrected chi connectivity index (χ3v) is 3.32. The first-order chi connectivity index (χ1) is 11.1. The predicted octanol–water partition coefficient (Wildman–Crippen LogP) is 2.26. The zero-order chi connectivity index (χ0) is 16.7. The fourth-order valence-corrected chi connectivity index (χ4v) is 2.17. The molecular formula is C17H20N4O2. The van der Waals surface area contributed by atoms with E-state index in [9.17, 15) is 4.79 Å². The molecule has 0 bridgehead atoms. The van der Waals surface area contributed by atoms with Crippen molar-refractivity contribution in [3.05, 3.63) is 66.9 Å². The van der Waals surface area contributed by atoms with Gasteiger partial charge in [-0.1, -0.05) is 24.3 Å². The number of H-pyrrole nitrogens is 2. The standard InChI is InChI=1S/C11H12N2O2.C6H8N2/c12-9(11(14)15)5-7-6-13-10-4-2-1-3-8(7)10;1-2-3-6-7-4-5-8-6/h1-4,6,9,13H,5,12H2,(H,14,15);2,4-5H,1,3H2,(H,7,8). The van der Waals surface area contributed by atoms with E-state index in [1.807, 2.05) is 36.5 Å². The zero-order valence-corrected chi connectivity index (χ0v) is 12.7. The SMILES string of the molecule is C=CCc1ncc[nH]1.NC(Cc1c[nH]c2ccccc12)C(=O)O. The number of carbonyl (C=O) groups is 1. The molecule has 3 aromatic rings. The first kappa shape index (κ1) is 16.5. The Balaban J connectivity index is 0.000000203. The molecule has 0 aliphatic heterocycles. The second kappa shape index (κ2) is 7.95. The average molecular weight is 312 g/mol. The number of carboxylic acid groups (broad SMARTS) is 1. The van der Waals surface area contributed by atoms with Crippen LogP contribution in [0, 0.1) is 0 Å². The minimum atomic E-state index is -0.972. The summed E-state index contributed by atoms with van der Waals surface area (Å²) in [4.78, 5) is 20.6. The Morgan fingerprint density at radius 1 is 1.39 bits per heavy atom. The molecule has 0 saturated heterocycles. The molecule has 0 fully saturated rings. The summed E-state index contributed by atoms with van der Waals surface area (Å²) in [5.41, 5.74) is 7.43. The summed E-state index contributed by atoms with van der Waals surface area (Å²) in [6.45, 7) is 3.58. The van der Waals surface area contributed by atoms with Crippen LogP contribution in [0.15, 0.2) is 55.5 Å². The topological polar surface area (TPSA) is 108 Å². The van der Waals surface area contributed by atoms with E-state index < -0.39 is 12.0 Å². The van der Waals surface area contributed by atoms with Crippen LogP contribution in [0.1, 0.15) is 11.4 Å². The van der Waals surface area contributed by atoms with Crippen LogP contribution in [0.25, 0.3) is 10.9 Å². The lowest BCUT2D eigenvalue weighted by Gasteiger charge is -2.04. The molecule has 0 aliphatic rings. The lowest BCUT2D eigenvalue weighted by Crippen LogP contribution is -2.32. The van der Waals surface area contributed by atoms with Crippen molar-refractivity contribution in [3.63, 3.8) is 0 Å². The summed E-state index contributed by atoms with van der Waals surface area (Å²) in [5, 5.41) is 9.75. The number of aromatic amines is 2. The third kappa shape index (κ3) is 4.55. The minimum Gasteiger partial charge on any atom is -0.480 e. The van der Waals surface area contributed by atoms with Crippen LogP contribution in [0.2, 0.25) is 0 Å². The molecule has 5 N–H and O–H groups in total. The van der Waals surface area contributed by atoms with Gasteiger partial charge in [0.15, 0.2) is 0 Å². The van der Waals surface area contributed by atoms with Gasteiger partial charge >= 0.3 is 5.97 Å². The van der Waals surface area contributed by atoms with Crippen LogP contribution in [-0.4, -0.2) is 32.1 Å². The van der Waals surface area contributed by atoms with E-state index in [4.69, 9.17) is 10.8 Å². The number of hydrogen-bond acceptors (Lipinski definition) is 3. The highest BCUT2D eigenvalue weighted by Gasteiger charge is 2.14. The summed E-state index contributed by atoms with van der Waals surface area (Å²) >= 11 is 0. The summed E-state index contributed by atoms with van der Waals surface area (Å²) < 4.78 is 0. The predicted molar refractivity (Wildman–Crippen MR) is 90.1 cm³/mol. The van der Waals surface area contributed by atoms with Gasteiger partial charge in [0.05, 0.1) is 0 Å². The van der Waals surface area contributed by atoms with Crippen LogP contribution in [-0.2, 0) is 17.6 Å². The maximum Gasteiger partial charge on any atom is 0.320 e. The number of hydrogen-bond donors (Lipinski definition) is 4. The maximum absolute atomic E-state index is 10.6. The third-order valence-electron chi connectivity index (χ3n) is 3.32. The second-order valence-corrected chi connectivity index (χ2v) is 5.04. The van der Waals surface area contributed by atoms with E-state index in [1.165, 1.54) is 0 Å². The van der Waals surface area contributed by atoms with E-state index in [2.05, 4.69) is 21.5 Å². The molecule has 0 aliphatic carbocycles. The van der Waals surface area contributed by atoms with Gasteiger partial charge in [-0.25, -0.2) is 4.98 Å². The van der Waals surface area contributed by atoms with Crippen LogP contribution < -0.4 is 5.73 Å². The number of para-hydroxylation sites is 1. The number of nitrogens with zero attached hydrogens (tertiary/aromatic N) is 1. The number of fused-ring (bicyclic) bond motifs is 1. The first-order valence-corrected chi connectivity index (χ1v) is 7.24. The molecule has 0 amide bonds. The smallest absolute Gasteiger partial charge is 0.320 e. The minimum absolute atomic E-state index is 0.347. The molecule has 6 heteroatoms. The largest absolute Gasteiger partial charge is 0.480 e. The van der Waals surface area contributed by atoms with E-state index >= 15 is 0 Å². The van der Waals surface area contributed by atoms with Crippen molar-refractivity contribution >= 4 is 16.9 Å². The van der Waals surface area contributed by atoms with Gasteiger partial charge in [-0.05, 0) is 11.6 Å². The maximum atomic E-state index is 10.6.